The zero-order valence-corrected chi connectivity index (χ0v) is 11.8. The molecule has 0 aromatic carbocycles. The summed E-state index contributed by atoms with van der Waals surface area (Å²) in [4.78, 5) is 18.0. The molecule has 5 heteroatoms. The van der Waals surface area contributed by atoms with Gasteiger partial charge in [-0.1, -0.05) is 6.92 Å². The number of fused-ring (bicyclic) bond motifs is 1. The third-order valence-corrected chi connectivity index (χ3v) is 4.08. The molecule has 0 amide bonds. The fraction of sp³-hybridized carbons (Fsp3) is 0.533. The van der Waals surface area contributed by atoms with Gasteiger partial charge in [0.25, 0.3) is 0 Å². The highest BCUT2D eigenvalue weighted by Crippen LogP contribution is 2.20. The van der Waals surface area contributed by atoms with Crippen LogP contribution in [0.4, 0.5) is 0 Å². The van der Waals surface area contributed by atoms with Crippen LogP contribution in [-0.4, -0.2) is 45.4 Å². The molecule has 0 bridgehead atoms. The number of piperidine rings is 1. The first kappa shape index (κ1) is 13.2. The number of hydrogen-bond acceptors (Lipinski definition) is 4. The molecular weight excluding hydrogens is 252 g/mol. The van der Waals surface area contributed by atoms with E-state index in [0.29, 0.717) is 17.1 Å². The second-order valence-electron chi connectivity index (χ2n) is 5.48. The van der Waals surface area contributed by atoms with Gasteiger partial charge >= 0.3 is 0 Å². The standard InChI is InChI=1S/C15H20N4O/c1-2-18-7-3-5-12(10-18)9-14-16-15-13(11-20)6-4-8-19(15)17-14/h4,6,8,11-12H,2-3,5,7,9-10H2,1H3. The molecule has 3 heterocycles. The monoisotopic (exact) mass is 272 g/mol. The molecule has 3 rings (SSSR count). The molecule has 2 aromatic rings. The van der Waals surface area contributed by atoms with Gasteiger partial charge in [-0.3, -0.25) is 4.79 Å². The molecule has 1 saturated heterocycles. The minimum atomic E-state index is 0.602. The lowest BCUT2D eigenvalue weighted by atomic mass is 9.94. The fourth-order valence-electron chi connectivity index (χ4n) is 3.01. The predicted molar refractivity (Wildman–Crippen MR) is 76.9 cm³/mol. The number of nitrogens with zero attached hydrogens (tertiary/aromatic N) is 4. The van der Waals surface area contributed by atoms with Gasteiger partial charge in [0.1, 0.15) is 0 Å². The highest BCUT2D eigenvalue weighted by atomic mass is 16.1. The lowest BCUT2D eigenvalue weighted by Gasteiger charge is -2.31. The number of carbonyl (C=O) groups is 1. The van der Waals surface area contributed by atoms with Crippen molar-refractivity contribution in [2.24, 2.45) is 5.92 Å². The van der Waals surface area contributed by atoms with Gasteiger partial charge in [-0.25, -0.2) is 9.50 Å². The van der Waals surface area contributed by atoms with Gasteiger partial charge in [0.05, 0.1) is 5.56 Å². The van der Waals surface area contributed by atoms with Crippen LogP contribution in [0.25, 0.3) is 5.65 Å². The van der Waals surface area contributed by atoms with Crippen LogP contribution in [0.15, 0.2) is 18.3 Å². The molecule has 0 spiro atoms. The SMILES string of the molecule is CCN1CCCC(Cc2nc3c(C=O)cccn3n2)C1. The molecule has 1 aliphatic heterocycles. The van der Waals surface area contributed by atoms with E-state index in [1.54, 1.807) is 10.6 Å². The maximum atomic E-state index is 11.0. The molecular formula is C15H20N4O. The summed E-state index contributed by atoms with van der Waals surface area (Å²) >= 11 is 0. The van der Waals surface area contributed by atoms with Crippen LogP contribution in [0, 0.1) is 5.92 Å². The van der Waals surface area contributed by atoms with Crippen molar-refractivity contribution in [3.8, 4) is 0 Å². The normalized spacial score (nSPS) is 20.4. The van der Waals surface area contributed by atoms with Gasteiger partial charge in [0.2, 0.25) is 0 Å². The molecule has 20 heavy (non-hydrogen) atoms. The second-order valence-corrected chi connectivity index (χ2v) is 5.48. The van der Waals surface area contributed by atoms with Crippen molar-refractivity contribution < 1.29 is 4.79 Å². The lowest BCUT2D eigenvalue weighted by molar-refractivity contribution is 0.112. The number of aldehydes is 1. The van der Waals surface area contributed by atoms with Crippen LogP contribution >= 0.6 is 0 Å². The average Bonchev–Trinajstić information content (AvgIpc) is 2.89. The van der Waals surface area contributed by atoms with Crippen molar-refractivity contribution in [1.29, 1.82) is 0 Å². The van der Waals surface area contributed by atoms with Crippen LogP contribution in [0.2, 0.25) is 0 Å². The highest BCUT2D eigenvalue weighted by molar-refractivity contribution is 5.83. The van der Waals surface area contributed by atoms with Crippen LogP contribution in [0.3, 0.4) is 0 Å². The highest BCUT2D eigenvalue weighted by Gasteiger charge is 2.21. The molecule has 1 fully saturated rings. The van der Waals surface area contributed by atoms with E-state index in [1.807, 2.05) is 12.3 Å². The summed E-state index contributed by atoms with van der Waals surface area (Å²) in [5.41, 5.74) is 1.27. The molecule has 0 radical (unpaired) electrons. The lowest BCUT2D eigenvalue weighted by Crippen LogP contribution is -2.36. The van der Waals surface area contributed by atoms with Crippen LogP contribution < -0.4 is 0 Å². The summed E-state index contributed by atoms with van der Waals surface area (Å²) in [5, 5.41) is 4.49. The first-order valence-corrected chi connectivity index (χ1v) is 7.32. The Morgan fingerprint density at radius 3 is 3.20 bits per heavy atom. The average molecular weight is 272 g/mol. The molecule has 2 aromatic heterocycles. The van der Waals surface area contributed by atoms with Crippen molar-refractivity contribution in [1.82, 2.24) is 19.5 Å². The summed E-state index contributed by atoms with van der Waals surface area (Å²) in [7, 11) is 0. The molecule has 1 unspecified atom stereocenters. The molecule has 0 saturated carbocycles. The van der Waals surface area contributed by atoms with E-state index >= 15 is 0 Å². The zero-order valence-electron chi connectivity index (χ0n) is 11.8. The molecule has 0 aliphatic carbocycles. The van der Waals surface area contributed by atoms with E-state index in [2.05, 4.69) is 21.9 Å². The van der Waals surface area contributed by atoms with Gasteiger partial charge in [0.15, 0.2) is 17.8 Å². The number of likely N-dealkylation sites (tertiary alicyclic amines) is 1. The zero-order chi connectivity index (χ0) is 13.9. The number of carbonyl (C=O) groups excluding carboxylic acids is 1. The van der Waals surface area contributed by atoms with Crippen molar-refractivity contribution in [2.45, 2.75) is 26.2 Å². The summed E-state index contributed by atoms with van der Waals surface area (Å²) in [6, 6.07) is 3.61. The Balaban J connectivity index is 1.79. The van der Waals surface area contributed by atoms with Crippen LogP contribution in [0.5, 0.6) is 0 Å². The summed E-state index contributed by atoms with van der Waals surface area (Å²) in [6.07, 6.45) is 6.08. The maximum absolute atomic E-state index is 11.0. The molecule has 0 N–H and O–H groups in total. The first-order chi connectivity index (χ1) is 9.80. The third-order valence-electron chi connectivity index (χ3n) is 4.08. The minimum absolute atomic E-state index is 0.602. The number of hydrogen-bond donors (Lipinski definition) is 0. The van der Waals surface area contributed by atoms with E-state index in [9.17, 15) is 4.79 Å². The van der Waals surface area contributed by atoms with Gasteiger partial charge in [-0.05, 0) is 44.0 Å². The summed E-state index contributed by atoms with van der Waals surface area (Å²) in [5.74, 6) is 1.48. The minimum Gasteiger partial charge on any atom is -0.303 e. The van der Waals surface area contributed by atoms with Crippen molar-refractivity contribution in [3.05, 3.63) is 29.7 Å². The second kappa shape index (κ2) is 5.71. The Bertz CT molecular complexity index is 607. The topological polar surface area (TPSA) is 50.5 Å². The summed E-state index contributed by atoms with van der Waals surface area (Å²) in [6.45, 7) is 5.67. The van der Waals surface area contributed by atoms with E-state index in [4.69, 9.17) is 0 Å². The van der Waals surface area contributed by atoms with E-state index in [1.165, 1.54) is 19.4 Å². The Morgan fingerprint density at radius 1 is 1.50 bits per heavy atom. The number of aromatic nitrogens is 3. The summed E-state index contributed by atoms with van der Waals surface area (Å²) < 4.78 is 1.71. The van der Waals surface area contributed by atoms with E-state index in [-0.39, 0.29) is 0 Å². The van der Waals surface area contributed by atoms with Crippen LogP contribution in [-0.2, 0) is 6.42 Å². The maximum Gasteiger partial charge on any atom is 0.166 e. The first-order valence-electron chi connectivity index (χ1n) is 7.32. The van der Waals surface area contributed by atoms with Crippen LogP contribution in [0.1, 0.15) is 35.9 Å². The van der Waals surface area contributed by atoms with Gasteiger partial charge in [0, 0.05) is 19.2 Å². The molecule has 1 aliphatic rings. The van der Waals surface area contributed by atoms with E-state index in [0.717, 1.165) is 31.6 Å². The van der Waals surface area contributed by atoms with Crippen molar-refractivity contribution in [3.63, 3.8) is 0 Å². The van der Waals surface area contributed by atoms with Crippen molar-refractivity contribution >= 4 is 11.9 Å². The molecule has 5 nitrogen and oxygen atoms in total. The smallest absolute Gasteiger partial charge is 0.166 e. The third kappa shape index (κ3) is 2.58. The quantitative estimate of drug-likeness (QED) is 0.797. The Morgan fingerprint density at radius 2 is 2.40 bits per heavy atom. The van der Waals surface area contributed by atoms with E-state index < -0.39 is 0 Å². The largest absolute Gasteiger partial charge is 0.303 e. The molecule has 1 atom stereocenters. The number of rotatable bonds is 4. The Hall–Kier alpha value is -1.75. The van der Waals surface area contributed by atoms with Crippen molar-refractivity contribution in [2.75, 3.05) is 19.6 Å². The molecule has 106 valence electrons. The predicted octanol–water partition coefficient (Wildman–Crippen LogP) is 1.82. The van der Waals surface area contributed by atoms with Gasteiger partial charge in [-0.2, -0.15) is 5.10 Å². The number of pyridine rings is 1. The van der Waals surface area contributed by atoms with Gasteiger partial charge < -0.3 is 4.90 Å². The fourth-order valence-corrected chi connectivity index (χ4v) is 3.01. The Labute approximate surface area is 118 Å². The Kier molecular flexibility index (Phi) is 3.78. The van der Waals surface area contributed by atoms with Gasteiger partial charge in [-0.15, -0.1) is 0 Å².